The van der Waals surface area contributed by atoms with Crippen molar-refractivity contribution in [2.24, 2.45) is 5.92 Å². The Labute approximate surface area is 145 Å². The van der Waals surface area contributed by atoms with E-state index in [9.17, 15) is 5.11 Å². The second-order valence-corrected chi connectivity index (χ2v) is 8.42. The van der Waals surface area contributed by atoms with Gasteiger partial charge in [-0.05, 0) is 23.3 Å². The minimum Gasteiger partial charge on any atom is -0.508 e. The van der Waals surface area contributed by atoms with E-state index in [-0.39, 0.29) is 5.41 Å². The Bertz CT molecular complexity index is 756. The van der Waals surface area contributed by atoms with E-state index in [1.807, 2.05) is 12.1 Å². The highest BCUT2D eigenvalue weighted by Crippen LogP contribution is 2.51. The monoisotopic (exact) mass is 322 g/mol. The average molecular weight is 322 g/mol. The Hall–Kier alpha value is -1.80. The molecule has 2 nitrogen and oxygen atoms in total. The lowest BCUT2D eigenvalue weighted by Crippen LogP contribution is -2.66. The van der Waals surface area contributed by atoms with Crippen LogP contribution < -0.4 is 0 Å². The van der Waals surface area contributed by atoms with E-state index in [2.05, 4.69) is 57.3 Å². The molecule has 0 saturated carbocycles. The molecule has 2 aromatic rings. The number of fused-ring (bicyclic) bond motifs is 4. The molecule has 1 heterocycles. The number of hydrogen-bond donors (Lipinski definition) is 1. The smallest absolute Gasteiger partial charge is 0.115 e. The van der Waals surface area contributed by atoms with Crippen LogP contribution in [0.4, 0.5) is 0 Å². The quantitative estimate of drug-likeness (QED) is 0.819. The molecule has 0 spiro atoms. The van der Waals surface area contributed by atoms with Gasteiger partial charge < -0.3 is 9.59 Å². The molecule has 2 aliphatic rings. The van der Waals surface area contributed by atoms with Gasteiger partial charge in [0.05, 0.1) is 19.6 Å². The molecule has 0 aromatic heterocycles. The van der Waals surface area contributed by atoms with Gasteiger partial charge >= 0.3 is 0 Å². The van der Waals surface area contributed by atoms with Crippen LogP contribution in [0.25, 0.3) is 0 Å². The Morgan fingerprint density at radius 1 is 1.17 bits per heavy atom. The minimum absolute atomic E-state index is 0.186. The largest absolute Gasteiger partial charge is 0.508 e. The molecule has 126 valence electrons. The molecule has 2 bridgehead atoms. The normalized spacial score (nSPS) is 34.6. The molecule has 2 heteroatoms. The zero-order chi connectivity index (χ0) is 16.9. The van der Waals surface area contributed by atoms with Gasteiger partial charge in [-0.3, -0.25) is 0 Å². The van der Waals surface area contributed by atoms with Crippen molar-refractivity contribution < 1.29 is 9.59 Å². The summed E-state index contributed by atoms with van der Waals surface area (Å²) in [5.41, 5.74) is 4.45. The van der Waals surface area contributed by atoms with Gasteiger partial charge in [0, 0.05) is 29.7 Å². The van der Waals surface area contributed by atoms with Gasteiger partial charge in [0.25, 0.3) is 0 Å². The molecule has 1 aliphatic heterocycles. The summed E-state index contributed by atoms with van der Waals surface area (Å²) in [6.07, 6.45) is 2.31. The third-order valence-electron chi connectivity index (χ3n) is 7.05. The first-order valence-corrected chi connectivity index (χ1v) is 9.13. The Morgan fingerprint density at radius 3 is 2.67 bits per heavy atom. The zero-order valence-electron chi connectivity index (χ0n) is 15.0. The number of phenols is 1. The van der Waals surface area contributed by atoms with Crippen LogP contribution in [-0.4, -0.2) is 29.2 Å². The molecular weight excluding hydrogens is 294 g/mol. The number of quaternary nitrogens is 1. The highest BCUT2D eigenvalue weighted by molar-refractivity contribution is 5.43. The van der Waals surface area contributed by atoms with E-state index in [4.69, 9.17) is 0 Å². The van der Waals surface area contributed by atoms with Gasteiger partial charge in [-0.1, -0.05) is 50.2 Å². The number of aromatic hydroxyl groups is 1. The lowest BCUT2D eigenvalue weighted by atomic mass is 9.58. The third kappa shape index (κ3) is 2.28. The van der Waals surface area contributed by atoms with Crippen molar-refractivity contribution in [3.63, 3.8) is 0 Å². The number of hydrogen-bond acceptors (Lipinski definition) is 1. The van der Waals surface area contributed by atoms with E-state index in [1.165, 1.54) is 29.7 Å². The third-order valence-corrected chi connectivity index (χ3v) is 7.05. The lowest BCUT2D eigenvalue weighted by Gasteiger charge is -2.58. The number of likely N-dealkylation sites (tertiary alicyclic amines) is 1. The van der Waals surface area contributed by atoms with E-state index in [0.717, 1.165) is 17.4 Å². The zero-order valence-corrected chi connectivity index (χ0v) is 15.0. The van der Waals surface area contributed by atoms with Crippen LogP contribution in [0.5, 0.6) is 5.75 Å². The van der Waals surface area contributed by atoms with Gasteiger partial charge in [0.1, 0.15) is 12.3 Å². The van der Waals surface area contributed by atoms with Gasteiger partial charge in [-0.2, -0.15) is 0 Å². The first kappa shape index (κ1) is 15.7. The first-order valence-electron chi connectivity index (χ1n) is 9.13. The predicted molar refractivity (Wildman–Crippen MR) is 97.9 cm³/mol. The van der Waals surface area contributed by atoms with Crippen LogP contribution in [0, 0.1) is 5.92 Å². The highest BCUT2D eigenvalue weighted by atomic mass is 16.3. The van der Waals surface area contributed by atoms with Crippen molar-refractivity contribution in [2.75, 3.05) is 13.6 Å². The number of phenolic OH excluding ortho intramolecular Hbond substituents is 1. The number of nitrogens with zero attached hydrogens (tertiary/aromatic N) is 1. The molecule has 2 aromatic carbocycles. The molecule has 1 fully saturated rings. The van der Waals surface area contributed by atoms with Crippen molar-refractivity contribution in [3.8, 4) is 5.75 Å². The standard InChI is InChI=1S/C22H27NO/c1-16-21-13-18-9-10-19(24)14-20(18)22(16,2)11-12-23(21,3)15-17-7-5-4-6-8-17/h4-10,14,16,21H,11-13,15H2,1-3H3/p+1/t16-,21?,22+,23?/m0/s1. The van der Waals surface area contributed by atoms with Crippen LogP contribution in [0.3, 0.4) is 0 Å². The molecule has 24 heavy (non-hydrogen) atoms. The molecule has 1 N–H and O–H groups in total. The van der Waals surface area contributed by atoms with Crippen molar-refractivity contribution in [3.05, 3.63) is 65.2 Å². The average Bonchev–Trinajstić information content (AvgIpc) is 2.57. The van der Waals surface area contributed by atoms with Crippen LogP contribution in [0.15, 0.2) is 48.5 Å². The summed E-state index contributed by atoms with van der Waals surface area (Å²) in [7, 11) is 2.44. The minimum atomic E-state index is 0.186. The second kappa shape index (κ2) is 5.35. The Kier molecular flexibility index (Phi) is 3.50. The molecule has 0 radical (unpaired) electrons. The van der Waals surface area contributed by atoms with E-state index in [1.54, 1.807) is 0 Å². The van der Waals surface area contributed by atoms with Gasteiger partial charge in [-0.15, -0.1) is 0 Å². The molecule has 0 amide bonds. The number of benzene rings is 2. The maximum absolute atomic E-state index is 9.98. The summed E-state index contributed by atoms with van der Waals surface area (Å²) in [5.74, 6) is 1.03. The fraction of sp³-hybridized carbons (Fsp3) is 0.455. The van der Waals surface area contributed by atoms with E-state index >= 15 is 0 Å². The summed E-state index contributed by atoms with van der Waals surface area (Å²) < 4.78 is 1.13. The van der Waals surface area contributed by atoms with E-state index in [0.29, 0.717) is 17.7 Å². The molecule has 1 saturated heterocycles. The summed E-state index contributed by atoms with van der Waals surface area (Å²) in [4.78, 5) is 0. The van der Waals surface area contributed by atoms with Crippen molar-refractivity contribution >= 4 is 0 Å². The van der Waals surface area contributed by atoms with Crippen LogP contribution in [-0.2, 0) is 18.4 Å². The van der Waals surface area contributed by atoms with Gasteiger partial charge in [0.15, 0.2) is 0 Å². The molecular formula is C22H28NO+. The second-order valence-electron chi connectivity index (χ2n) is 8.42. The lowest BCUT2D eigenvalue weighted by molar-refractivity contribution is -0.956. The summed E-state index contributed by atoms with van der Waals surface area (Å²) in [6.45, 7) is 7.15. The molecule has 4 rings (SSSR count). The predicted octanol–water partition coefficient (Wildman–Crippen LogP) is 4.26. The summed E-state index contributed by atoms with van der Waals surface area (Å²) in [6, 6.07) is 17.6. The number of piperidine rings is 1. The SMILES string of the molecule is C[C@H]1C2Cc3ccc(O)cc3[C@]1(C)CC[N+]2(C)Cc1ccccc1. The van der Waals surface area contributed by atoms with Gasteiger partial charge in [-0.25, -0.2) is 0 Å². The Balaban J connectivity index is 1.73. The molecule has 2 unspecified atom stereocenters. The molecule has 4 atom stereocenters. The maximum atomic E-state index is 9.98. The number of rotatable bonds is 2. The Morgan fingerprint density at radius 2 is 1.92 bits per heavy atom. The van der Waals surface area contributed by atoms with Crippen LogP contribution in [0.1, 0.15) is 37.0 Å². The van der Waals surface area contributed by atoms with Crippen LogP contribution in [0.2, 0.25) is 0 Å². The highest BCUT2D eigenvalue weighted by Gasteiger charge is 2.54. The van der Waals surface area contributed by atoms with Crippen molar-refractivity contribution in [2.45, 2.75) is 44.7 Å². The topological polar surface area (TPSA) is 20.2 Å². The van der Waals surface area contributed by atoms with Gasteiger partial charge in [0.2, 0.25) is 0 Å². The fourth-order valence-corrected chi connectivity index (χ4v) is 5.32. The maximum Gasteiger partial charge on any atom is 0.115 e. The summed E-state index contributed by atoms with van der Waals surface area (Å²) in [5, 5.41) is 9.98. The van der Waals surface area contributed by atoms with E-state index < -0.39 is 0 Å². The van der Waals surface area contributed by atoms with Crippen molar-refractivity contribution in [1.29, 1.82) is 0 Å². The van der Waals surface area contributed by atoms with Crippen molar-refractivity contribution in [1.82, 2.24) is 0 Å². The summed E-state index contributed by atoms with van der Waals surface area (Å²) >= 11 is 0. The first-order chi connectivity index (χ1) is 11.4. The number of likely N-dealkylation sites (N-methyl/N-ethyl adjacent to an activating group) is 1. The fourth-order valence-electron chi connectivity index (χ4n) is 5.32. The molecule has 1 aliphatic carbocycles. The van der Waals surface area contributed by atoms with Crippen LogP contribution >= 0.6 is 0 Å².